The molecule has 27 heavy (non-hydrogen) atoms. The van der Waals surface area contributed by atoms with Gasteiger partial charge in [-0.3, -0.25) is 4.79 Å². The first-order chi connectivity index (χ1) is 13.0. The molecule has 0 spiro atoms. The molecule has 0 saturated heterocycles. The van der Waals surface area contributed by atoms with Crippen LogP contribution in [-0.2, 0) is 15.3 Å². The van der Waals surface area contributed by atoms with E-state index < -0.39 is 18.0 Å². The maximum atomic E-state index is 12.7. The van der Waals surface area contributed by atoms with E-state index in [4.69, 9.17) is 10.5 Å². The second-order valence-corrected chi connectivity index (χ2v) is 7.88. The number of rotatable bonds is 7. The summed E-state index contributed by atoms with van der Waals surface area (Å²) in [5, 5.41) is 1.99. The number of thioether (sulfide) groups is 1. The molecule has 0 radical (unpaired) electrons. The first-order valence-corrected chi connectivity index (χ1v) is 10.1. The molecule has 2 N–H and O–H groups in total. The van der Waals surface area contributed by atoms with Gasteiger partial charge in [0.05, 0.1) is 5.56 Å². The van der Waals surface area contributed by atoms with Crippen LogP contribution in [0.5, 0.6) is 0 Å². The summed E-state index contributed by atoms with van der Waals surface area (Å²) in [4.78, 5) is 28.9. The zero-order valence-corrected chi connectivity index (χ0v) is 16.3. The fourth-order valence-corrected chi connectivity index (χ4v) is 4.33. The van der Waals surface area contributed by atoms with E-state index in [1.165, 1.54) is 0 Å². The number of carbonyl (C=O) groups is 2. The second kappa shape index (κ2) is 8.83. The zero-order chi connectivity index (χ0) is 19.2. The van der Waals surface area contributed by atoms with Crippen LogP contribution in [0.15, 0.2) is 64.3 Å². The molecule has 1 heterocycles. The quantitative estimate of drug-likeness (QED) is 0.478. The van der Waals surface area contributed by atoms with E-state index in [0.29, 0.717) is 16.9 Å². The minimum Gasteiger partial charge on any atom is -0.444 e. The molecule has 5 nitrogen and oxygen atoms in total. The Morgan fingerprint density at radius 1 is 1.15 bits per heavy atom. The van der Waals surface area contributed by atoms with Gasteiger partial charge in [-0.2, -0.15) is 0 Å². The third-order valence-electron chi connectivity index (χ3n) is 3.77. The SMILES string of the molecule is Cc1csc(SCc2ccccc2C(=O)OC(C(N)=O)c2ccccc2)n1. The third-order valence-corrected chi connectivity index (χ3v) is 5.96. The van der Waals surface area contributed by atoms with Crippen molar-refractivity contribution in [3.63, 3.8) is 0 Å². The van der Waals surface area contributed by atoms with Crippen molar-refractivity contribution in [2.45, 2.75) is 23.1 Å². The van der Waals surface area contributed by atoms with E-state index in [2.05, 4.69) is 4.98 Å². The van der Waals surface area contributed by atoms with Crippen molar-refractivity contribution in [3.8, 4) is 0 Å². The highest BCUT2D eigenvalue weighted by atomic mass is 32.2. The molecule has 3 rings (SSSR count). The Balaban J connectivity index is 1.77. The minimum absolute atomic E-state index is 0.417. The molecule has 1 unspecified atom stereocenters. The number of thiazole rings is 1. The highest BCUT2D eigenvalue weighted by molar-refractivity contribution is 8.00. The van der Waals surface area contributed by atoms with Gasteiger partial charge in [0.2, 0.25) is 6.10 Å². The van der Waals surface area contributed by atoms with Gasteiger partial charge in [0.1, 0.15) is 4.34 Å². The van der Waals surface area contributed by atoms with Crippen molar-refractivity contribution in [2.24, 2.45) is 5.73 Å². The average Bonchev–Trinajstić information content (AvgIpc) is 3.10. The van der Waals surface area contributed by atoms with Gasteiger partial charge in [-0.25, -0.2) is 9.78 Å². The molecule has 0 aliphatic carbocycles. The molecule has 1 amide bonds. The highest BCUT2D eigenvalue weighted by Gasteiger charge is 2.24. The Bertz CT molecular complexity index is 941. The minimum atomic E-state index is -1.12. The predicted molar refractivity (Wildman–Crippen MR) is 107 cm³/mol. The summed E-state index contributed by atoms with van der Waals surface area (Å²) in [7, 11) is 0. The van der Waals surface area contributed by atoms with E-state index in [1.807, 2.05) is 30.5 Å². The van der Waals surface area contributed by atoms with Crippen LogP contribution in [0, 0.1) is 6.92 Å². The lowest BCUT2D eigenvalue weighted by molar-refractivity contribution is -0.127. The number of primary amides is 1. The molecule has 7 heteroatoms. The number of benzene rings is 2. The first kappa shape index (κ1) is 19.1. The maximum absolute atomic E-state index is 12.7. The summed E-state index contributed by atoms with van der Waals surface area (Å²) in [6.45, 7) is 1.94. The van der Waals surface area contributed by atoms with Crippen molar-refractivity contribution in [3.05, 3.63) is 82.4 Å². The Labute approximate surface area is 165 Å². The summed E-state index contributed by atoms with van der Waals surface area (Å²) < 4.78 is 6.38. The van der Waals surface area contributed by atoms with Crippen LogP contribution in [0.1, 0.15) is 33.3 Å². The van der Waals surface area contributed by atoms with Crippen molar-refractivity contribution in [1.82, 2.24) is 4.98 Å². The van der Waals surface area contributed by atoms with Gasteiger partial charge in [-0.05, 0) is 18.6 Å². The third kappa shape index (κ3) is 4.96. The average molecular weight is 399 g/mol. The van der Waals surface area contributed by atoms with E-state index in [1.54, 1.807) is 59.5 Å². The lowest BCUT2D eigenvalue weighted by Gasteiger charge is -2.16. The van der Waals surface area contributed by atoms with Crippen LogP contribution in [0.25, 0.3) is 0 Å². The highest BCUT2D eigenvalue weighted by Crippen LogP contribution is 2.28. The Morgan fingerprint density at radius 3 is 2.52 bits per heavy atom. The number of carbonyl (C=O) groups excluding carboxylic acids is 2. The Hall–Kier alpha value is -2.64. The largest absolute Gasteiger partial charge is 0.444 e. The molecular weight excluding hydrogens is 380 g/mol. The molecule has 0 aliphatic heterocycles. The Morgan fingerprint density at radius 2 is 1.85 bits per heavy atom. The number of nitrogens with zero attached hydrogens (tertiary/aromatic N) is 1. The Kier molecular flexibility index (Phi) is 6.26. The standard InChI is InChI=1S/C20H18N2O3S2/c1-13-11-26-20(22-13)27-12-15-9-5-6-10-16(15)19(24)25-17(18(21)23)14-7-3-2-4-8-14/h2-11,17H,12H2,1H3,(H2,21,23). The fraction of sp³-hybridized carbons (Fsp3) is 0.150. The molecule has 0 bridgehead atoms. The van der Waals surface area contributed by atoms with Crippen LogP contribution in [-0.4, -0.2) is 16.9 Å². The van der Waals surface area contributed by atoms with Crippen LogP contribution >= 0.6 is 23.1 Å². The summed E-state index contributed by atoms with van der Waals surface area (Å²) in [6, 6.07) is 15.9. The molecule has 0 fully saturated rings. The van der Waals surface area contributed by atoms with Gasteiger partial charge in [0, 0.05) is 22.4 Å². The van der Waals surface area contributed by atoms with Crippen molar-refractivity contribution < 1.29 is 14.3 Å². The maximum Gasteiger partial charge on any atom is 0.339 e. The van der Waals surface area contributed by atoms with Crippen molar-refractivity contribution in [1.29, 1.82) is 0 Å². The second-order valence-electron chi connectivity index (χ2n) is 5.80. The number of nitrogens with two attached hydrogens (primary N) is 1. The fourth-order valence-electron chi connectivity index (χ4n) is 2.47. The molecular formula is C20H18N2O3S2. The lowest BCUT2D eigenvalue weighted by Crippen LogP contribution is -2.26. The van der Waals surface area contributed by atoms with Gasteiger partial charge in [0.25, 0.3) is 5.91 Å². The van der Waals surface area contributed by atoms with E-state index in [-0.39, 0.29) is 0 Å². The smallest absolute Gasteiger partial charge is 0.339 e. The number of hydrogen-bond donors (Lipinski definition) is 1. The van der Waals surface area contributed by atoms with Crippen LogP contribution < -0.4 is 5.73 Å². The topological polar surface area (TPSA) is 82.3 Å². The summed E-state index contributed by atoms with van der Waals surface area (Å²) >= 11 is 3.12. The van der Waals surface area contributed by atoms with Gasteiger partial charge in [-0.1, -0.05) is 60.3 Å². The van der Waals surface area contributed by atoms with E-state index in [0.717, 1.165) is 15.6 Å². The van der Waals surface area contributed by atoms with Crippen molar-refractivity contribution in [2.75, 3.05) is 0 Å². The normalized spacial score (nSPS) is 11.7. The monoisotopic (exact) mass is 398 g/mol. The predicted octanol–water partition coefficient (Wildman–Crippen LogP) is 4.13. The summed E-state index contributed by atoms with van der Waals surface area (Å²) in [5.41, 5.74) is 8.20. The molecule has 0 aliphatic rings. The van der Waals surface area contributed by atoms with Gasteiger partial charge in [-0.15, -0.1) is 11.3 Å². The number of ether oxygens (including phenoxy) is 1. The summed E-state index contributed by atoms with van der Waals surface area (Å²) in [6.07, 6.45) is -1.12. The number of aryl methyl sites for hydroxylation is 1. The van der Waals surface area contributed by atoms with Crippen molar-refractivity contribution >= 4 is 35.0 Å². The zero-order valence-electron chi connectivity index (χ0n) is 14.6. The molecule has 138 valence electrons. The molecule has 0 saturated carbocycles. The number of esters is 1. The molecule has 1 aromatic heterocycles. The summed E-state index contributed by atoms with van der Waals surface area (Å²) in [5.74, 6) is -0.709. The lowest BCUT2D eigenvalue weighted by atomic mass is 10.1. The first-order valence-electron chi connectivity index (χ1n) is 8.22. The molecule has 2 aromatic carbocycles. The van der Waals surface area contributed by atoms with E-state index in [9.17, 15) is 9.59 Å². The number of hydrogen-bond acceptors (Lipinski definition) is 6. The number of aromatic nitrogens is 1. The molecule has 3 aromatic rings. The molecule has 1 atom stereocenters. The van der Waals surface area contributed by atoms with Crippen LogP contribution in [0.2, 0.25) is 0 Å². The van der Waals surface area contributed by atoms with Crippen LogP contribution in [0.3, 0.4) is 0 Å². The van der Waals surface area contributed by atoms with Crippen LogP contribution in [0.4, 0.5) is 0 Å². The van der Waals surface area contributed by atoms with Gasteiger partial charge in [0.15, 0.2) is 0 Å². The van der Waals surface area contributed by atoms with Gasteiger partial charge >= 0.3 is 5.97 Å². The van der Waals surface area contributed by atoms with Gasteiger partial charge < -0.3 is 10.5 Å². The number of amides is 1. The van der Waals surface area contributed by atoms with E-state index >= 15 is 0 Å².